The molecule has 0 saturated heterocycles. The molecule has 178 valence electrons. The van der Waals surface area contributed by atoms with Gasteiger partial charge in [0, 0.05) is 18.4 Å². The first kappa shape index (κ1) is 24.1. The molecule has 0 saturated carbocycles. The van der Waals surface area contributed by atoms with Gasteiger partial charge in [-0.2, -0.15) is 0 Å². The molecule has 0 fully saturated rings. The summed E-state index contributed by atoms with van der Waals surface area (Å²) < 4.78 is 19.2. The Balaban J connectivity index is 1.69. The third-order valence-corrected chi connectivity index (χ3v) is 5.58. The van der Waals surface area contributed by atoms with E-state index >= 15 is 0 Å². The number of benzene rings is 3. The average Bonchev–Trinajstić information content (AvgIpc) is 2.85. The number of carbonyl (C=O) groups excluding carboxylic acids is 1. The SMILES string of the molecule is CCOC(=O)C(Cc1cccc(C)c1)Nc1ncc(-c2ccccc2)nc1Cc1cccc(F)c1. The van der Waals surface area contributed by atoms with Gasteiger partial charge in [-0.3, -0.25) is 0 Å². The zero-order valence-electron chi connectivity index (χ0n) is 19.9. The van der Waals surface area contributed by atoms with E-state index in [0.717, 1.165) is 22.3 Å². The monoisotopic (exact) mass is 469 g/mol. The quantitative estimate of drug-likeness (QED) is 0.315. The molecule has 5 nitrogen and oxygen atoms in total. The van der Waals surface area contributed by atoms with Crippen LogP contribution in [0.15, 0.2) is 85.1 Å². The van der Waals surface area contributed by atoms with Crippen LogP contribution in [0.3, 0.4) is 0 Å². The highest BCUT2D eigenvalue weighted by molar-refractivity contribution is 5.79. The van der Waals surface area contributed by atoms with Crippen LogP contribution in [0.5, 0.6) is 0 Å². The van der Waals surface area contributed by atoms with Gasteiger partial charge in [0.25, 0.3) is 0 Å². The lowest BCUT2D eigenvalue weighted by Crippen LogP contribution is -2.34. The Morgan fingerprint density at radius 2 is 1.77 bits per heavy atom. The minimum Gasteiger partial charge on any atom is -0.464 e. The van der Waals surface area contributed by atoms with Crippen LogP contribution in [0.1, 0.15) is 29.3 Å². The molecule has 3 aromatic carbocycles. The van der Waals surface area contributed by atoms with Crippen LogP contribution < -0.4 is 5.32 Å². The predicted molar refractivity (Wildman–Crippen MR) is 136 cm³/mol. The molecule has 35 heavy (non-hydrogen) atoms. The minimum atomic E-state index is -0.653. The smallest absolute Gasteiger partial charge is 0.328 e. The molecule has 1 atom stereocenters. The van der Waals surface area contributed by atoms with Crippen molar-refractivity contribution in [2.24, 2.45) is 0 Å². The van der Waals surface area contributed by atoms with Gasteiger partial charge >= 0.3 is 5.97 Å². The number of carbonyl (C=O) groups is 1. The molecule has 0 aliphatic rings. The molecule has 1 heterocycles. The average molecular weight is 470 g/mol. The van der Waals surface area contributed by atoms with E-state index in [9.17, 15) is 9.18 Å². The molecule has 0 amide bonds. The fourth-order valence-corrected chi connectivity index (χ4v) is 3.94. The molecule has 0 aliphatic heterocycles. The molecule has 0 bridgehead atoms. The van der Waals surface area contributed by atoms with Crippen molar-refractivity contribution in [3.05, 3.63) is 113 Å². The first-order chi connectivity index (χ1) is 17.0. The van der Waals surface area contributed by atoms with Crippen molar-refractivity contribution in [2.75, 3.05) is 11.9 Å². The third-order valence-electron chi connectivity index (χ3n) is 5.58. The van der Waals surface area contributed by atoms with Gasteiger partial charge in [-0.05, 0) is 37.1 Å². The topological polar surface area (TPSA) is 64.1 Å². The highest BCUT2D eigenvalue weighted by atomic mass is 19.1. The number of ether oxygens (including phenoxy) is 1. The first-order valence-electron chi connectivity index (χ1n) is 11.7. The van der Waals surface area contributed by atoms with Gasteiger partial charge in [0.15, 0.2) is 0 Å². The summed E-state index contributed by atoms with van der Waals surface area (Å²) in [6.45, 7) is 4.08. The summed E-state index contributed by atoms with van der Waals surface area (Å²) in [7, 11) is 0. The maximum absolute atomic E-state index is 13.9. The standard InChI is InChI=1S/C29H28FN3O2/c1-3-35-29(34)26(18-21-10-7-9-20(2)15-21)33-28-25(17-22-11-8-14-24(30)16-22)32-27(19-31-28)23-12-5-4-6-13-23/h4-16,19,26H,3,17-18H2,1-2H3,(H,31,33). The van der Waals surface area contributed by atoms with E-state index in [-0.39, 0.29) is 18.4 Å². The molecular weight excluding hydrogens is 441 g/mol. The highest BCUT2D eigenvalue weighted by Gasteiger charge is 2.23. The number of nitrogens with one attached hydrogen (secondary N) is 1. The van der Waals surface area contributed by atoms with E-state index in [1.54, 1.807) is 19.2 Å². The van der Waals surface area contributed by atoms with Gasteiger partial charge in [-0.15, -0.1) is 0 Å². The molecule has 4 aromatic rings. The zero-order valence-corrected chi connectivity index (χ0v) is 19.9. The number of anilines is 1. The number of nitrogens with zero attached hydrogens (tertiary/aromatic N) is 2. The number of aromatic nitrogens is 2. The Morgan fingerprint density at radius 1 is 1.00 bits per heavy atom. The molecule has 6 heteroatoms. The first-order valence-corrected chi connectivity index (χ1v) is 11.7. The normalized spacial score (nSPS) is 11.6. The maximum atomic E-state index is 13.9. The van der Waals surface area contributed by atoms with Crippen LogP contribution in [0.4, 0.5) is 10.2 Å². The van der Waals surface area contributed by atoms with Crippen LogP contribution in [0.25, 0.3) is 11.3 Å². The predicted octanol–water partition coefficient (Wildman–Crippen LogP) is 5.77. The van der Waals surface area contributed by atoms with Gasteiger partial charge in [0.2, 0.25) is 0 Å². The van der Waals surface area contributed by atoms with E-state index in [2.05, 4.69) is 10.3 Å². The van der Waals surface area contributed by atoms with Crippen LogP contribution in [0, 0.1) is 12.7 Å². The van der Waals surface area contributed by atoms with Gasteiger partial charge in [0.05, 0.1) is 24.2 Å². The van der Waals surface area contributed by atoms with E-state index in [1.165, 1.54) is 12.1 Å². The van der Waals surface area contributed by atoms with E-state index < -0.39 is 6.04 Å². The van der Waals surface area contributed by atoms with Crippen molar-refractivity contribution in [3.63, 3.8) is 0 Å². The number of hydrogen-bond donors (Lipinski definition) is 1. The van der Waals surface area contributed by atoms with E-state index in [4.69, 9.17) is 9.72 Å². The van der Waals surface area contributed by atoms with Crippen molar-refractivity contribution < 1.29 is 13.9 Å². The lowest BCUT2D eigenvalue weighted by molar-refractivity contribution is -0.144. The lowest BCUT2D eigenvalue weighted by atomic mass is 10.0. The molecule has 0 aliphatic carbocycles. The Bertz CT molecular complexity index is 1290. The van der Waals surface area contributed by atoms with Crippen LogP contribution >= 0.6 is 0 Å². The molecule has 4 rings (SSSR count). The Labute approximate surface area is 205 Å². The second-order valence-corrected chi connectivity index (χ2v) is 8.37. The van der Waals surface area contributed by atoms with E-state index in [0.29, 0.717) is 30.0 Å². The molecular formula is C29H28FN3O2. The Kier molecular flexibility index (Phi) is 7.83. The lowest BCUT2D eigenvalue weighted by Gasteiger charge is -2.20. The number of aryl methyl sites for hydroxylation is 1. The minimum absolute atomic E-state index is 0.277. The second kappa shape index (κ2) is 11.4. The molecule has 0 radical (unpaired) electrons. The second-order valence-electron chi connectivity index (χ2n) is 8.37. The van der Waals surface area contributed by atoms with Crippen molar-refractivity contribution >= 4 is 11.8 Å². The van der Waals surface area contributed by atoms with Gasteiger partial charge in [0.1, 0.15) is 17.7 Å². The summed E-state index contributed by atoms with van der Waals surface area (Å²) in [5, 5.41) is 3.27. The summed E-state index contributed by atoms with van der Waals surface area (Å²) in [4.78, 5) is 22.3. The highest BCUT2D eigenvalue weighted by Crippen LogP contribution is 2.23. The van der Waals surface area contributed by atoms with Crippen LogP contribution in [-0.4, -0.2) is 28.6 Å². The fraction of sp³-hybridized carbons (Fsp3) is 0.207. The summed E-state index contributed by atoms with van der Waals surface area (Å²) in [6.07, 6.45) is 2.47. The molecule has 0 spiro atoms. The molecule has 1 unspecified atom stereocenters. The van der Waals surface area contributed by atoms with Gasteiger partial charge < -0.3 is 10.1 Å². The van der Waals surface area contributed by atoms with Gasteiger partial charge in [-0.25, -0.2) is 19.2 Å². The Hall–Kier alpha value is -4.06. The third kappa shape index (κ3) is 6.51. The van der Waals surface area contributed by atoms with Crippen LogP contribution in [0.2, 0.25) is 0 Å². The summed E-state index contributed by atoms with van der Waals surface area (Å²) in [5.74, 6) is -0.202. The number of halogens is 1. The van der Waals surface area contributed by atoms with Crippen molar-refractivity contribution in [1.29, 1.82) is 0 Å². The number of rotatable bonds is 9. The number of esters is 1. The summed E-state index contributed by atoms with van der Waals surface area (Å²) >= 11 is 0. The summed E-state index contributed by atoms with van der Waals surface area (Å²) in [6, 6.07) is 23.5. The summed E-state index contributed by atoms with van der Waals surface area (Å²) in [5.41, 5.74) is 5.14. The molecule has 1 N–H and O–H groups in total. The molecule has 1 aromatic heterocycles. The van der Waals surface area contributed by atoms with E-state index in [1.807, 2.05) is 67.6 Å². The van der Waals surface area contributed by atoms with Crippen molar-refractivity contribution in [2.45, 2.75) is 32.7 Å². The zero-order chi connectivity index (χ0) is 24.6. The maximum Gasteiger partial charge on any atom is 0.328 e. The van der Waals surface area contributed by atoms with Crippen molar-refractivity contribution in [1.82, 2.24) is 9.97 Å². The van der Waals surface area contributed by atoms with Crippen LogP contribution in [-0.2, 0) is 22.4 Å². The fourth-order valence-electron chi connectivity index (χ4n) is 3.94. The number of hydrogen-bond acceptors (Lipinski definition) is 5. The van der Waals surface area contributed by atoms with Gasteiger partial charge in [-0.1, -0.05) is 72.3 Å². The van der Waals surface area contributed by atoms with Crippen molar-refractivity contribution in [3.8, 4) is 11.3 Å². The largest absolute Gasteiger partial charge is 0.464 e. The Morgan fingerprint density at radius 3 is 2.51 bits per heavy atom.